The Morgan fingerprint density at radius 3 is 2.41 bits per heavy atom. The van der Waals surface area contributed by atoms with Crippen molar-refractivity contribution in [2.75, 3.05) is 13.2 Å². The van der Waals surface area contributed by atoms with Crippen LogP contribution < -0.4 is 19.6 Å². The molecule has 0 radical (unpaired) electrons. The van der Waals surface area contributed by atoms with Crippen LogP contribution in [0, 0.1) is 0 Å². The highest BCUT2D eigenvalue weighted by Crippen LogP contribution is 2.29. The average Bonchev–Trinajstić information content (AvgIpc) is 2.83. The van der Waals surface area contributed by atoms with Gasteiger partial charge in [-0.3, -0.25) is 4.79 Å². The minimum Gasteiger partial charge on any atom is -0.494 e. The Morgan fingerprint density at radius 1 is 0.906 bits per heavy atom. The molecule has 166 valence electrons. The number of nitrogens with zero attached hydrogens (tertiary/aromatic N) is 1. The van der Waals surface area contributed by atoms with E-state index in [9.17, 15) is 4.79 Å². The van der Waals surface area contributed by atoms with Crippen LogP contribution in [0.25, 0.3) is 0 Å². The van der Waals surface area contributed by atoms with Crippen molar-refractivity contribution < 1.29 is 19.0 Å². The van der Waals surface area contributed by atoms with E-state index in [1.54, 1.807) is 30.5 Å². The van der Waals surface area contributed by atoms with Crippen LogP contribution in [0.2, 0.25) is 0 Å². The summed E-state index contributed by atoms with van der Waals surface area (Å²) in [5.74, 6) is 1.73. The first-order valence-corrected chi connectivity index (χ1v) is 10.7. The van der Waals surface area contributed by atoms with Crippen LogP contribution in [0.5, 0.6) is 17.2 Å². The number of hydrazone groups is 1. The fraction of sp³-hybridized carbons (Fsp3) is 0.231. The summed E-state index contributed by atoms with van der Waals surface area (Å²) in [5.41, 5.74) is 4.90. The van der Waals surface area contributed by atoms with Crippen LogP contribution in [0.4, 0.5) is 0 Å². The predicted molar refractivity (Wildman–Crippen MR) is 126 cm³/mol. The second-order valence-electron chi connectivity index (χ2n) is 6.99. The van der Waals surface area contributed by atoms with Gasteiger partial charge in [-0.15, -0.1) is 0 Å². The zero-order valence-electron chi connectivity index (χ0n) is 18.4. The van der Waals surface area contributed by atoms with Gasteiger partial charge in [0, 0.05) is 5.56 Å². The molecule has 32 heavy (non-hydrogen) atoms. The van der Waals surface area contributed by atoms with Gasteiger partial charge < -0.3 is 14.2 Å². The molecule has 3 aromatic carbocycles. The van der Waals surface area contributed by atoms with Crippen LogP contribution in [0.3, 0.4) is 0 Å². The molecular formula is C26H28N2O4. The molecule has 3 rings (SSSR count). The summed E-state index contributed by atoms with van der Waals surface area (Å²) in [5, 5.41) is 4.06. The zero-order chi connectivity index (χ0) is 22.6. The van der Waals surface area contributed by atoms with E-state index in [0.717, 1.165) is 23.3 Å². The molecule has 3 aromatic rings. The highest BCUT2D eigenvalue weighted by molar-refractivity contribution is 5.95. The zero-order valence-corrected chi connectivity index (χ0v) is 18.4. The summed E-state index contributed by atoms with van der Waals surface area (Å²) in [6.07, 6.45) is 2.50. The third-order valence-corrected chi connectivity index (χ3v) is 4.47. The van der Waals surface area contributed by atoms with Crippen LogP contribution in [-0.2, 0) is 6.61 Å². The number of ether oxygens (including phenoxy) is 3. The lowest BCUT2D eigenvalue weighted by Gasteiger charge is -2.12. The van der Waals surface area contributed by atoms with Gasteiger partial charge in [-0.25, -0.2) is 5.43 Å². The highest BCUT2D eigenvalue weighted by atomic mass is 16.5. The number of carbonyl (C=O) groups is 1. The number of nitrogens with one attached hydrogen (secondary N) is 1. The van der Waals surface area contributed by atoms with Gasteiger partial charge in [-0.2, -0.15) is 5.10 Å². The second-order valence-corrected chi connectivity index (χ2v) is 6.99. The summed E-state index contributed by atoms with van der Waals surface area (Å²) in [6, 6.07) is 22.4. The summed E-state index contributed by atoms with van der Waals surface area (Å²) >= 11 is 0. The van der Waals surface area contributed by atoms with E-state index in [1.807, 2.05) is 62.4 Å². The summed E-state index contributed by atoms with van der Waals surface area (Å²) in [6.45, 7) is 5.57. The van der Waals surface area contributed by atoms with Crippen LogP contribution in [0.1, 0.15) is 41.8 Å². The van der Waals surface area contributed by atoms with Crippen molar-refractivity contribution in [3.63, 3.8) is 0 Å². The lowest BCUT2D eigenvalue weighted by Crippen LogP contribution is -2.17. The number of hydrogen-bond acceptors (Lipinski definition) is 5. The normalized spacial score (nSPS) is 10.7. The summed E-state index contributed by atoms with van der Waals surface area (Å²) < 4.78 is 17.2. The Kier molecular flexibility index (Phi) is 8.69. The molecule has 0 heterocycles. The third kappa shape index (κ3) is 6.87. The van der Waals surface area contributed by atoms with Gasteiger partial charge in [0.25, 0.3) is 5.91 Å². The molecule has 0 atom stereocenters. The number of hydrogen-bond donors (Lipinski definition) is 1. The molecule has 0 saturated heterocycles. The van der Waals surface area contributed by atoms with E-state index in [2.05, 4.69) is 10.5 Å². The van der Waals surface area contributed by atoms with E-state index in [0.29, 0.717) is 36.9 Å². The lowest BCUT2D eigenvalue weighted by molar-refractivity contribution is 0.0955. The van der Waals surface area contributed by atoms with Gasteiger partial charge in [-0.05, 0) is 66.9 Å². The standard InChI is InChI=1S/C26H28N2O4/c1-3-16-31-23-13-11-22(12-14-23)26(29)28-27-18-21-10-15-24(25(17-21)30-4-2)32-19-20-8-6-5-7-9-20/h5-15,17-18H,3-4,16,19H2,1-2H3,(H,28,29)/b27-18+. The molecule has 1 amide bonds. The van der Waals surface area contributed by atoms with E-state index < -0.39 is 0 Å². The smallest absolute Gasteiger partial charge is 0.271 e. The average molecular weight is 433 g/mol. The maximum Gasteiger partial charge on any atom is 0.271 e. The van der Waals surface area contributed by atoms with E-state index >= 15 is 0 Å². The van der Waals surface area contributed by atoms with Crippen LogP contribution >= 0.6 is 0 Å². The van der Waals surface area contributed by atoms with Gasteiger partial charge in [0.2, 0.25) is 0 Å². The number of benzene rings is 3. The third-order valence-electron chi connectivity index (χ3n) is 4.47. The molecule has 0 spiro atoms. The van der Waals surface area contributed by atoms with Crippen molar-refractivity contribution in [1.29, 1.82) is 0 Å². The number of carbonyl (C=O) groups excluding carboxylic acids is 1. The lowest BCUT2D eigenvalue weighted by atomic mass is 10.2. The van der Waals surface area contributed by atoms with Gasteiger partial charge in [0.15, 0.2) is 11.5 Å². The first-order chi connectivity index (χ1) is 15.7. The molecule has 0 aromatic heterocycles. The van der Waals surface area contributed by atoms with Crippen molar-refractivity contribution in [2.45, 2.75) is 26.9 Å². The maximum absolute atomic E-state index is 12.3. The molecule has 0 aliphatic carbocycles. The fourth-order valence-corrected chi connectivity index (χ4v) is 2.88. The Bertz CT molecular complexity index is 1020. The van der Waals surface area contributed by atoms with Gasteiger partial charge in [0.05, 0.1) is 19.4 Å². The molecule has 0 aliphatic heterocycles. The highest BCUT2D eigenvalue weighted by Gasteiger charge is 2.07. The van der Waals surface area contributed by atoms with Crippen LogP contribution in [-0.4, -0.2) is 25.3 Å². The predicted octanol–water partition coefficient (Wildman–Crippen LogP) is 5.22. The van der Waals surface area contributed by atoms with Crippen molar-refractivity contribution in [2.24, 2.45) is 5.10 Å². The molecular weight excluding hydrogens is 404 g/mol. The van der Waals surface area contributed by atoms with Gasteiger partial charge in [0.1, 0.15) is 12.4 Å². The van der Waals surface area contributed by atoms with E-state index in [4.69, 9.17) is 14.2 Å². The second kappa shape index (κ2) is 12.2. The number of rotatable bonds is 11. The topological polar surface area (TPSA) is 69.2 Å². The minimum atomic E-state index is -0.295. The monoisotopic (exact) mass is 432 g/mol. The number of amides is 1. The molecule has 0 fully saturated rings. The van der Waals surface area contributed by atoms with Crippen molar-refractivity contribution in [3.05, 3.63) is 89.5 Å². The van der Waals surface area contributed by atoms with Gasteiger partial charge >= 0.3 is 0 Å². The Hall–Kier alpha value is -3.80. The molecule has 1 N–H and O–H groups in total. The van der Waals surface area contributed by atoms with E-state index in [-0.39, 0.29) is 5.91 Å². The summed E-state index contributed by atoms with van der Waals surface area (Å²) in [7, 11) is 0. The molecule has 0 unspecified atom stereocenters. The minimum absolute atomic E-state index is 0.295. The Labute approximate surface area is 188 Å². The first-order valence-electron chi connectivity index (χ1n) is 10.7. The van der Waals surface area contributed by atoms with E-state index in [1.165, 1.54) is 0 Å². The molecule has 6 nitrogen and oxygen atoms in total. The van der Waals surface area contributed by atoms with Crippen LogP contribution in [0.15, 0.2) is 77.9 Å². The van der Waals surface area contributed by atoms with Crippen molar-refractivity contribution in [3.8, 4) is 17.2 Å². The summed E-state index contributed by atoms with van der Waals surface area (Å²) in [4.78, 5) is 12.3. The molecule has 0 saturated carbocycles. The van der Waals surface area contributed by atoms with Crippen molar-refractivity contribution >= 4 is 12.1 Å². The molecule has 6 heteroatoms. The quantitative estimate of drug-likeness (QED) is 0.333. The molecule has 0 bridgehead atoms. The SMILES string of the molecule is CCCOc1ccc(C(=O)N/N=C/c2ccc(OCc3ccccc3)c(OCC)c2)cc1. The fourth-order valence-electron chi connectivity index (χ4n) is 2.88. The van der Waals surface area contributed by atoms with Crippen molar-refractivity contribution in [1.82, 2.24) is 5.43 Å². The van der Waals surface area contributed by atoms with Gasteiger partial charge in [-0.1, -0.05) is 37.3 Å². The first kappa shape index (κ1) is 22.9. The Balaban J connectivity index is 1.59. The Morgan fingerprint density at radius 2 is 1.69 bits per heavy atom. The largest absolute Gasteiger partial charge is 0.494 e. The molecule has 0 aliphatic rings. The maximum atomic E-state index is 12.3.